The quantitative estimate of drug-likeness (QED) is 0.656. The topological polar surface area (TPSA) is 83.8 Å². The average molecular weight is 348 g/mol. The van der Waals surface area contributed by atoms with E-state index >= 15 is 0 Å². The minimum atomic E-state index is -1.21. The molecular formula is C20H17BO5. The van der Waals surface area contributed by atoms with Crippen molar-refractivity contribution in [2.75, 3.05) is 0 Å². The Labute approximate surface area is 151 Å². The van der Waals surface area contributed by atoms with E-state index in [-0.39, 0.29) is 23.5 Å². The monoisotopic (exact) mass is 348 g/mol. The molecule has 0 saturated heterocycles. The van der Waals surface area contributed by atoms with E-state index in [0.29, 0.717) is 17.5 Å². The van der Waals surface area contributed by atoms with Crippen molar-refractivity contribution >= 4 is 24.9 Å². The summed E-state index contributed by atoms with van der Waals surface area (Å²) in [6.07, 6.45) is 5.50. The zero-order chi connectivity index (χ0) is 18.3. The van der Waals surface area contributed by atoms with Gasteiger partial charge >= 0.3 is 13.1 Å². The highest BCUT2D eigenvalue weighted by molar-refractivity contribution is 6.47. The number of carbonyl (C=O) groups is 2. The van der Waals surface area contributed by atoms with E-state index in [9.17, 15) is 19.7 Å². The third-order valence-electron chi connectivity index (χ3n) is 5.00. The lowest BCUT2D eigenvalue weighted by Crippen LogP contribution is -2.35. The van der Waals surface area contributed by atoms with Crippen LogP contribution in [0.2, 0.25) is 5.82 Å². The molecule has 0 amide bonds. The first kappa shape index (κ1) is 16.6. The molecule has 2 aromatic carbocycles. The molecule has 4 rings (SSSR count). The molecule has 1 aliphatic carbocycles. The van der Waals surface area contributed by atoms with Gasteiger partial charge in [0.25, 0.3) is 0 Å². The van der Waals surface area contributed by atoms with Crippen molar-refractivity contribution in [2.24, 2.45) is 0 Å². The first-order valence-electron chi connectivity index (χ1n) is 8.55. The van der Waals surface area contributed by atoms with Crippen LogP contribution in [0.3, 0.4) is 0 Å². The molecule has 1 heterocycles. The van der Waals surface area contributed by atoms with E-state index in [1.54, 1.807) is 12.1 Å². The SMILES string of the molecule is O=C(C[C@H]1Cc2cccc(C(=O)O)c2OB1O)c1ccc2c(c1)C=CC2. The van der Waals surface area contributed by atoms with Crippen molar-refractivity contribution in [1.82, 2.24) is 0 Å². The summed E-state index contributed by atoms with van der Waals surface area (Å²) >= 11 is 0. The molecule has 0 radical (unpaired) electrons. The molecule has 130 valence electrons. The second kappa shape index (κ2) is 6.46. The predicted octanol–water partition coefficient (Wildman–Crippen LogP) is 3.01. The number of carbonyl (C=O) groups excluding carboxylic acids is 1. The Bertz CT molecular complexity index is 934. The number of Topliss-reactive ketones (excluding diaryl/α,β-unsaturated/α-hetero) is 1. The molecule has 1 aliphatic heterocycles. The Morgan fingerprint density at radius 3 is 2.85 bits per heavy atom. The highest BCUT2D eigenvalue weighted by atomic mass is 16.5. The van der Waals surface area contributed by atoms with Gasteiger partial charge in [0.1, 0.15) is 5.75 Å². The van der Waals surface area contributed by atoms with Gasteiger partial charge in [-0.25, -0.2) is 4.79 Å². The minimum Gasteiger partial charge on any atom is -0.535 e. The molecule has 0 spiro atoms. The Balaban J connectivity index is 1.54. The standard InChI is InChI=1S/C20H17BO5/c22-18(14-8-7-12-3-1-4-13(12)9-14)11-16-10-15-5-2-6-17(20(23)24)19(15)26-21(16)25/h1-2,4-9,16,25H,3,10-11H2,(H,23,24)/t16-/m1/s1. The number of ketones is 1. The van der Waals surface area contributed by atoms with Gasteiger partial charge in [0.2, 0.25) is 0 Å². The number of allylic oxidation sites excluding steroid dienone is 1. The highest BCUT2D eigenvalue weighted by Gasteiger charge is 2.37. The van der Waals surface area contributed by atoms with E-state index < -0.39 is 18.9 Å². The van der Waals surface area contributed by atoms with Crippen LogP contribution in [-0.2, 0) is 12.8 Å². The molecule has 6 heteroatoms. The van der Waals surface area contributed by atoms with Gasteiger partial charge in [0.05, 0.1) is 5.56 Å². The van der Waals surface area contributed by atoms with Gasteiger partial charge in [-0.05, 0) is 41.7 Å². The van der Waals surface area contributed by atoms with E-state index in [0.717, 1.165) is 12.0 Å². The van der Waals surface area contributed by atoms with Crippen LogP contribution in [0, 0.1) is 0 Å². The molecule has 2 N–H and O–H groups in total. The maximum atomic E-state index is 12.7. The van der Waals surface area contributed by atoms with Gasteiger partial charge in [0.15, 0.2) is 5.78 Å². The fourth-order valence-electron chi connectivity index (χ4n) is 3.60. The number of hydrogen-bond donors (Lipinski definition) is 2. The molecule has 0 bridgehead atoms. The lowest BCUT2D eigenvalue weighted by molar-refractivity contribution is 0.0693. The van der Waals surface area contributed by atoms with Gasteiger partial charge in [0, 0.05) is 17.8 Å². The van der Waals surface area contributed by atoms with Crippen molar-refractivity contribution < 1.29 is 24.4 Å². The number of fused-ring (bicyclic) bond motifs is 2. The van der Waals surface area contributed by atoms with E-state index in [1.807, 2.05) is 24.3 Å². The summed E-state index contributed by atoms with van der Waals surface area (Å²) in [6.45, 7) is 0. The van der Waals surface area contributed by atoms with Crippen LogP contribution < -0.4 is 4.65 Å². The summed E-state index contributed by atoms with van der Waals surface area (Å²) in [5.41, 5.74) is 3.61. The van der Waals surface area contributed by atoms with E-state index in [4.69, 9.17) is 4.65 Å². The van der Waals surface area contributed by atoms with Crippen LogP contribution in [0.4, 0.5) is 0 Å². The number of hydrogen-bond acceptors (Lipinski definition) is 4. The highest BCUT2D eigenvalue weighted by Crippen LogP contribution is 2.36. The minimum absolute atomic E-state index is 0.0248. The van der Waals surface area contributed by atoms with Gasteiger partial charge in [-0.3, -0.25) is 4.79 Å². The largest absolute Gasteiger partial charge is 0.535 e. The summed E-state index contributed by atoms with van der Waals surface area (Å²) in [4.78, 5) is 24.0. The van der Waals surface area contributed by atoms with Crippen LogP contribution in [0.1, 0.15) is 43.8 Å². The number of aromatic carboxylic acids is 1. The number of carboxylic acid groups (broad SMARTS) is 1. The molecule has 2 aromatic rings. The lowest BCUT2D eigenvalue weighted by Gasteiger charge is -2.28. The van der Waals surface area contributed by atoms with Crippen LogP contribution in [-0.4, -0.2) is 29.0 Å². The van der Waals surface area contributed by atoms with Gasteiger partial charge in [-0.15, -0.1) is 0 Å². The van der Waals surface area contributed by atoms with Gasteiger partial charge < -0.3 is 14.8 Å². The smallest absolute Gasteiger partial charge is 0.526 e. The number of benzene rings is 2. The van der Waals surface area contributed by atoms with E-state index in [2.05, 4.69) is 6.08 Å². The Kier molecular flexibility index (Phi) is 4.13. The second-order valence-electron chi connectivity index (χ2n) is 6.72. The fraction of sp³-hybridized carbons (Fsp3) is 0.200. The van der Waals surface area contributed by atoms with E-state index in [1.165, 1.54) is 11.6 Å². The molecule has 5 nitrogen and oxygen atoms in total. The zero-order valence-electron chi connectivity index (χ0n) is 14.0. The Morgan fingerprint density at radius 2 is 2.04 bits per heavy atom. The summed E-state index contributed by atoms with van der Waals surface area (Å²) in [5, 5.41) is 19.5. The van der Waals surface area contributed by atoms with Crippen LogP contribution in [0.25, 0.3) is 6.08 Å². The predicted molar refractivity (Wildman–Crippen MR) is 97.6 cm³/mol. The Hall–Kier alpha value is -2.86. The molecule has 0 saturated carbocycles. The summed E-state index contributed by atoms with van der Waals surface area (Å²) in [7, 11) is -1.21. The number of rotatable bonds is 4. The van der Waals surface area contributed by atoms with Crippen molar-refractivity contribution in [3.63, 3.8) is 0 Å². The summed E-state index contributed by atoms with van der Waals surface area (Å²) in [5.74, 6) is -1.38. The maximum Gasteiger partial charge on any atom is 0.526 e. The molecule has 2 aliphatic rings. The van der Waals surface area contributed by atoms with Crippen LogP contribution >= 0.6 is 0 Å². The first-order chi connectivity index (χ1) is 12.5. The maximum absolute atomic E-state index is 12.7. The van der Waals surface area contributed by atoms with Gasteiger partial charge in [-0.1, -0.05) is 36.4 Å². The molecule has 0 unspecified atom stereocenters. The first-order valence-corrected chi connectivity index (χ1v) is 8.55. The fourth-order valence-corrected chi connectivity index (χ4v) is 3.60. The Morgan fingerprint density at radius 1 is 1.19 bits per heavy atom. The summed E-state index contributed by atoms with van der Waals surface area (Å²) < 4.78 is 5.46. The molecule has 1 atom stereocenters. The lowest BCUT2D eigenvalue weighted by atomic mass is 9.64. The van der Waals surface area contributed by atoms with Crippen molar-refractivity contribution in [2.45, 2.75) is 25.1 Å². The summed E-state index contributed by atoms with van der Waals surface area (Å²) in [6, 6.07) is 10.5. The van der Waals surface area contributed by atoms with Crippen molar-refractivity contribution in [3.8, 4) is 5.75 Å². The van der Waals surface area contributed by atoms with Gasteiger partial charge in [-0.2, -0.15) is 0 Å². The average Bonchev–Trinajstić information content (AvgIpc) is 3.09. The molecule has 0 aromatic heterocycles. The van der Waals surface area contributed by atoms with Crippen LogP contribution in [0.15, 0.2) is 42.5 Å². The molecule has 26 heavy (non-hydrogen) atoms. The number of para-hydroxylation sites is 1. The van der Waals surface area contributed by atoms with Crippen molar-refractivity contribution in [3.05, 3.63) is 70.3 Å². The third kappa shape index (κ3) is 2.93. The van der Waals surface area contributed by atoms with Crippen molar-refractivity contribution in [1.29, 1.82) is 0 Å². The number of carboxylic acids is 1. The second-order valence-corrected chi connectivity index (χ2v) is 6.72. The molecular weight excluding hydrogens is 331 g/mol. The zero-order valence-corrected chi connectivity index (χ0v) is 14.0. The molecule has 0 fully saturated rings. The van der Waals surface area contributed by atoms with Crippen LogP contribution in [0.5, 0.6) is 5.75 Å². The normalized spacial score (nSPS) is 17.4. The third-order valence-corrected chi connectivity index (χ3v) is 5.00.